The van der Waals surface area contributed by atoms with Gasteiger partial charge in [-0.25, -0.2) is 0 Å². The van der Waals surface area contributed by atoms with Crippen molar-refractivity contribution in [1.82, 2.24) is 0 Å². The van der Waals surface area contributed by atoms with E-state index < -0.39 is 18.0 Å². The van der Waals surface area contributed by atoms with Crippen LogP contribution in [0.3, 0.4) is 0 Å². The summed E-state index contributed by atoms with van der Waals surface area (Å²) in [6.45, 7) is 4.85. The molecular weight excluding hydrogens is 132 g/mol. The number of hydrogen-bond donors (Lipinski definition) is 2. The summed E-state index contributed by atoms with van der Waals surface area (Å²) >= 11 is 0. The van der Waals surface area contributed by atoms with E-state index in [4.69, 9.17) is 10.2 Å². The molecule has 0 aliphatic heterocycles. The molecule has 0 saturated carbocycles. The van der Waals surface area contributed by atoms with Crippen molar-refractivity contribution in [2.75, 3.05) is 0 Å². The number of aliphatic hydroxyl groups excluding tert-OH is 1. The average Bonchev–Trinajstić information content (AvgIpc) is 1.81. The van der Waals surface area contributed by atoms with Gasteiger partial charge in [-0.1, -0.05) is 6.08 Å². The van der Waals surface area contributed by atoms with Gasteiger partial charge in [-0.15, -0.1) is 6.58 Å². The van der Waals surface area contributed by atoms with Crippen molar-refractivity contribution in [3.05, 3.63) is 12.7 Å². The first-order valence-corrected chi connectivity index (χ1v) is 3.11. The number of carboxylic acid groups (broad SMARTS) is 1. The fourth-order valence-electron chi connectivity index (χ4n) is 0.684. The van der Waals surface area contributed by atoms with Gasteiger partial charge >= 0.3 is 5.97 Å². The quantitative estimate of drug-likeness (QED) is 0.569. The fourth-order valence-corrected chi connectivity index (χ4v) is 0.684. The summed E-state index contributed by atoms with van der Waals surface area (Å²) in [5.41, 5.74) is 0. The maximum Gasteiger partial charge on any atom is 0.309 e. The predicted octanol–water partition coefficient (Wildman–Crippen LogP) is 0.644. The zero-order valence-corrected chi connectivity index (χ0v) is 5.95. The summed E-state index contributed by atoms with van der Waals surface area (Å²) in [6.07, 6.45) is 0.994. The molecule has 0 bridgehead atoms. The molecule has 0 amide bonds. The SMILES string of the molecule is C=CCC(C(=O)O)[C@@H](C)O. The first kappa shape index (κ1) is 9.17. The van der Waals surface area contributed by atoms with E-state index in [0.29, 0.717) is 6.42 Å². The Balaban J connectivity index is 3.97. The van der Waals surface area contributed by atoms with Gasteiger partial charge in [0.15, 0.2) is 0 Å². The maximum absolute atomic E-state index is 10.3. The number of aliphatic carboxylic acids is 1. The van der Waals surface area contributed by atoms with Crippen LogP contribution in [0, 0.1) is 5.92 Å². The molecule has 0 spiro atoms. The van der Waals surface area contributed by atoms with Crippen molar-refractivity contribution < 1.29 is 15.0 Å². The van der Waals surface area contributed by atoms with Crippen molar-refractivity contribution in [3.63, 3.8) is 0 Å². The molecule has 0 heterocycles. The summed E-state index contributed by atoms with van der Waals surface area (Å²) in [5.74, 6) is -1.69. The minimum absolute atomic E-state index is 0.312. The van der Waals surface area contributed by atoms with E-state index in [1.54, 1.807) is 0 Å². The Labute approximate surface area is 60.0 Å². The molecule has 10 heavy (non-hydrogen) atoms. The normalized spacial score (nSPS) is 15.8. The Morgan fingerprint density at radius 2 is 2.30 bits per heavy atom. The molecule has 2 atom stereocenters. The van der Waals surface area contributed by atoms with E-state index in [1.165, 1.54) is 13.0 Å². The number of carbonyl (C=O) groups is 1. The lowest BCUT2D eigenvalue weighted by atomic mass is 10.0. The minimum atomic E-state index is -0.977. The highest BCUT2D eigenvalue weighted by Gasteiger charge is 2.20. The fraction of sp³-hybridized carbons (Fsp3) is 0.571. The van der Waals surface area contributed by atoms with E-state index in [1.807, 2.05) is 0 Å². The predicted molar refractivity (Wildman–Crippen MR) is 37.6 cm³/mol. The highest BCUT2D eigenvalue weighted by Crippen LogP contribution is 2.08. The zero-order valence-electron chi connectivity index (χ0n) is 5.95. The van der Waals surface area contributed by atoms with E-state index in [0.717, 1.165) is 0 Å². The highest BCUT2D eigenvalue weighted by molar-refractivity contribution is 5.70. The molecule has 3 nitrogen and oxygen atoms in total. The minimum Gasteiger partial charge on any atom is -0.481 e. The molecule has 0 aromatic heterocycles. The second-order valence-corrected chi connectivity index (χ2v) is 2.21. The lowest BCUT2D eigenvalue weighted by Gasteiger charge is -2.11. The third kappa shape index (κ3) is 2.64. The molecule has 0 fully saturated rings. The summed E-state index contributed by atoms with van der Waals surface area (Å²) in [5, 5.41) is 17.4. The Morgan fingerprint density at radius 1 is 1.80 bits per heavy atom. The van der Waals surface area contributed by atoms with Gasteiger partial charge in [-0.3, -0.25) is 4.79 Å². The van der Waals surface area contributed by atoms with Crippen LogP contribution in [0.15, 0.2) is 12.7 Å². The van der Waals surface area contributed by atoms with Crippen LogP contribution in [-0.4, -0.2) is 22.3 Å². The highest BCUT2D eigenvalue weighted by atomic mass is 16.4. The van der Waals surface area contributed by atoms with Crippen LogP contribution in [0.4, 0.5) is 0 Å². The summed E-state index contributed by atoms with van der Waals surface area (Å²) in [4.78, 5) is 10.3. The van der Waals surface area contributed by atoms with E-state index in [9.17, 15) is 4.79 Å². The van der Waals surface area contributed by atoms with Crippen LogP contribution in [0.2, 0.25) is 0 Å². The second-order valence-electron chi connectivity index (χ2n) is 2.21. The van der Waals surface area contributed by atoms with Gasteiger partial charge in [0.2, 0.25) is 0 Å². The smallest absolute Gasteiger partial charge is 0.309 e. The van der Waals surface area contributed by atoms with E-state index in [2.05, 4.69) is 6.58 Å². The van der Waals surface area contributed by atoms with Gasteiger partial charge in [0.05, 0.1) is 12.0 Å². The van der Waals surface area contributed by atoms with E-state index >= 15 is 0 Å². The second kappa shape index (κ2) is 4.06. The maximum atomic E-state index is 10.3. The molecule has 1 unspecified atom stereocenters. The van der Waals surface area contributed by atoms with Crippen molar-refractivity contribution >= 4 is 5.97 Å². The Kier molecular flexibility index (Phi) is 3.72. The van der Waals surface area contributed by atoms with Gasteiger partial charge in [0.25, 0.3) is 0 Å². The number of aliphatic hydroxyl groups is 1. The van der Waals surface area contributed by atoms with Gasteiger partial charge < -0.3 is 10.2 Å². The van der Waals surface area contributed by atoms with Gasteiger partial charge in [-0.2, -0.15) is 0 Å². The number of rotatable bonds is 4. The largest absolute Gasteiger partial charge is 0.481 e. The first-order valence-electron chi connectivity index (χ1n) is 3.11. The molecule has 0 radical (unpaired) electrons. The average molecular weight is 144 g/mol. The van der Waals surface area contributed by atoms with Crippen molar-refractivity contribution in [2.24, 2.45) is 5.92 Å². The molecule has 0 saturated heterocycles. The molecule has 0 rings (SSSR count). The number of allylic oxidation sites excluding steroid dienone is 1. The van der Waals surface area contributed by atoms with Crippen LogP contribution in [-0.2, 0) is 4.79 Å². The van der Waals surface area contributed by atoms with Gasteiger partial charge in [-0.05, 0) is 13.3 Å². The number of hydrogen-bond acceptors (Lipinski definition) is 2. The molecule has 58 valence electrons. The third-order valence-corrected chi connectivity index (χ3v) is 1.32. The van der Waals surface area contributed by atoms with Crippen molar-refractivity contribution in [1.29, 1.82) is 0 Å². The monoisotopic (exact) mass is 144 g/mol. The summed E-state index contributed by atoms with van der Waals surface area (Å²) < 4.78 is 0. The van der Waals surface area contributed by atoms with Crippen molar-refractivity contribution in [2.45, 2.75) is 19.4 Å². The molecule has 3 heteroatoms. The Morgan fingerprint density at radius 3 is 2.40 bits per heavy atom. The van der Waals surface area contributed by atoms with Crippen LogP contribution in [0.5, 0.6) is 0 Å². The van der Waals surface area contributed by atoms with Crippen LogP contribution < -0.4 is 0 Å². The third-order valence-electron chi connectivity index (χ3n) is 1.32. The zero-order chi connectivity index (χ0) is 8.15. The lowest BCUT2D eigenvalue weighted by molar-refractivity contribution is -0.145. The summed E-state index contributed by atoms with van der Waals surface area (Å²) in [7, 11) is 0. The van der Waals surface area contributed by atoms with Gasteiger partial charge in [0, 0.05) is 0 Å². The standard InChI is InChI=1S/C7H12O3/c1-3-4-6(5(2)8)7(9)10/h3,5-6,8H,1,4H2,2H3,(H,9,10)/t5-,6?/m1/s1. The van der Waals surface area contributed by atoms with Crippen LogP contribution in [0.1, 0.15) is 13.3 Å². The van der Waals surface area contributed by atoms with E-state index in [-0.39, 0.29) is 0 Å². The topological polar surface area (TPSA) is 57.5 Å². The summed E-state index contributed by atoms with van der Waals surface area (Å²) in [6, 6.07) is 0. The van der Waals surface area contributed by atoms with Gasteiger partial charge in [0.1, 0.15) is 0 Å². The Bertz CT molecular complexity index is 129. The Hall–Kier alpha value is -0.830. The van der Waals surface area contributed by atoms with Crippen molar-refractivity contribution in [3.8, 4) is 0 Å². The molecule has 0 aromatic rings. The molecule has 2 N–H and O–H groups in total. The molecular formula is C7H12O3. The molecule has 0 aromatic carbocycles. The van der Waals surface area contributed by atoms with Crippen LogP contribution in [0.25, 0.3) is 0 Å². The first-order chi connectivity index (χ1) is 4.59. The number of carboxylic acids is 1. The molecule has 0 aliphatic carbocycles. The lowest BCUT2D eigenvalue weighted by Crippen LogP contribution is -2.24. The van der Waals surface area contributed by atoms with Crippen LogP contribution >= 0.6 is 0 Å². The molecule has 0 aliphatic rings.